The van der Waals surface area contributed by atoms with Gasteiger partial charge >= 0.3 is 0 Å². The van der Waals surface area contributed by atoms with E-state index in [2.05, 4.69) is 48.8 Å². The molecule has 5 heteroatoms. The molecule has 16 heavy (non-hydrogen) atoms. The summed E-state index contributed by atoms with van der Waals surface area (Å²) in [5.41, 5.74) is 0. The Morgan fingerprint density at radius 1 is 1.50 bits per heavy atom. The molecule has 2 nitrogen and oxygen atoms in total. The van der Waals surface area contributed by atoms with E-state index >= 15 is 0 Å². The van der Waals surface area contributed by atoms with Crippen molar-refractivity contribution < 1.29 is 0 Å². The number of hydrogen-bond donors (Lipinski definition) is 0. The van der Waals surface area contributed by atoms with Gasteiger partial charge in [-0.15, -0.1) is 11.6 Å². The first-order valence-electron chi connectivity index (χ1n) is 5.22. The first-order valence-corrected chi connectivity index (χ1v) is 7.24. The highest BCUT2D eigenvalue weighted by atomic mass is 79.9. The Labute approximate surface area is 118 Å². The van der Waals surface area contributed by atoms with Gasteiger partial charge < -0.3 is 4.90 Å². The molecule has 0 unspecified atom stereocenters. The zero-order valence-electron chi connectivity index (χ0n) is 8.96. The molecular weight excluding hydrogens is 355 g/mol. The number of nitrogens with zero attached hydrogens (tertiary/aromatic N) is 2. The average molecular weight is 369 g/mol. The average Bonchev–Trinajstić information content (AvgIpc) is 2.15. The molecule has 0 atom stereocenters. The lowest BCUT2D eigenvalue weighted by Gasteiger charge is -2.34. The fourth-order valence-electron chi connectivity index (χ4n) is 1.97. The summed E-state index contributed by atoms with van der Waals surface area (Å²) in [4.78, 5) is 6.59. The second-order valence-corrected chi connectivity index (χ2v) is 6.66. The number of aromatic nitrogens is 1. The largest absolute Gasteiger partial charge is 0.358 e. The standard InChI is InChI=1S/C11H13Br2ClN2/c1-16(6-7-2-9(14)3-7)11-10(13)4-8(12)5-15-11/h4-5,7,9H,2-3,6H2,1H3. The second-order valence-electron chi connectivity index (χ2n) is 4.27. The van der Waals surface area contributed by atoms with Gasteiger partial charge in [0.2, 0.25) is 0 Å². The van der Waals surface area contributed by atoms with Crippen LogP contribution in [0.3, 0.4) is 0 Å². The normalized spacial score (nSPS) is 24.0. The van der Waals surface area contributed by atoms with Crippen LogP contribution in [0.5, 0.6) is 0 Å². The highest BCUT2D eigenvalue weighted by molar-refractivity contribution is 9.11. The third-order valence-corrected chi connectivity index (χ3v) is 4.23. The van der Waals surface area contributed by atoms with Crippen LogP contribution in [0.2, 0.25) is 0 Å². The van der Waals surface area contributed by atoms with Crippen molar-refractivity contribution >= 4 is 49.3 Å². The van der Waals surface area contributed by atoms with Gasteiger partial charge in [0.25, 0.3) is 0 Å². The number of halogens is 3. The summed E-state index contributed by atoms with van der Waals surface area (Å²) in [5, 5.41) is 0.389. The fourth-order valence-corrected chi connectivity index (χ4v) is 3.76. The van der Waals surface area contributed by atoms with Crippen LogP contribution in [0.4, 0.5) is 5.82 Å². The maximum absolute atomic E-state index is 5.98. The molecule has 1 aliphatic carbocycles. The molecule has 0 saturated heterocycles. The summed E-state index contributed by atoms with van der Waals surface area (Å²) in [6.45, 7) is 1.02. The molecule has 1 aromatic rings. The van der Waals surface area contributed by atoms with Crippen LogP contribution in [0.1, 0.15) is 12.8 Å². The second kappa shape index (κ2) is 5.23. The smallest absolute Gasteiger partial charge is 0.142 e. The van der Waals surface area contributed by atoms with Crippen molar-refractivity contribution in [2.45, 2.75) is 18.2 Å². The van der Waals surface area contributed by atoms with Crippen molar-refractivity contribution in [1.82, 2.24) is 4.98 Å². The van der Waals surface area contributed by atoms with Crippen molar-refractivity contribution in [3.63, 3.8) is 0 Å². The Bertz CT molecular complexity index is 380. The van der Waals surface area contributed by atoms with Crippen LogP contribution in [0.25, 0.3) is 0 Å². The number of alkyl halides is 1. The van der Waals surface area contributed by atoms with Crippen LogP contribution in [0, 0.1) is 5.92 Å². The van der Waals surface area contributed by atoms with E-state index in [0.717, 1.165) is 34.1 Å². The SMILES string of the molecule is CN(CC1CC(Cl)C1)c1ncc(Br)cc1Br. The van der Waals surface area contributed by atoms with Crippen LogP contribution < -0.4 is 4.90 Å². The molecule has 0 bridgehead atoms. The molecule has 1 aromatic heterocycles. The van der Waals surface area contributed by atoms with Crippen molar-refractivity contribution in [3.8, 4) is 0 Å². The van der Waals surface area contributed by atoms with Gasteiger partial charge in [-0.1, -0.05) is 0 Å². The minimum atomic E-state index is 0.389. The summed E-state index contributed by atoms with van der Waals surface area (Å²) in [6.07, 6.45) is 4.07. The van der Waals surface area contributed by atoms with Crippen LogP contribution in [-0.2, 0) is 0 Å². The van der Waals surface area contributed by atoms with Crippen LogP contribution >= 0.6 is 43.5 Å². The quantitative estimate of drug-likeness (QED) is 0.748. The molecule has 88 valence electrons. The van der Waals surface area contributed by atoms with Gasteiger partial charge in [-0.05, 0) is 56.7 Å². The molecule has 1 aliphatic rings. The third-order valence-electron chi connectivity index (χ3n) is 2.86. The van der Waals surface area contributed by atoms with E-state index in [1.165, 1.54) is 0 Å². The maximum atomic E-state index is 5.98. The van der Waals surface area contributed by atoms with Gasteiger partial charge in [-0.3, -0.25) is 0 Å². The van der Waals surface area contributed by atoms with E-state index in [4.69, 9.17) is 11.6 Å². The molecule has 0 aliphatic heterocycles. The summed E-state index contributed by atoms with van der Waals surface area (Å²) in [7, 11) is 2.07. The lowest BCUT2D eigenvalue weighted by molar-refractivity contribution is 0.328. The minimum Gasteiger partial charge on any atom is -0.358 e. The van der Waals surface area contributed by atoms with Gasteiger partial charge in [-0.25, -0.2) is 4.98 Å². The van der Waals surface area contributed by atoms with E-state index in [0.29, 0.717) is 11.3 Å². The monoisotopic (exact) mass is 366 g/mol. The lowest BCUT2D eigenvalue weighted by Crippen LogP contribution is -2.35. The number of rotatable bonds is 3. The molecule has 2 rings (SSSR count). The predicted octanol–water partition coefficient (Wildman–Crippen LogP) is 4.06. The minimum absolute atomic E-state index is 0.389. The maximum Gasteiger partial charge on any atom is 0.142 e. The molecule has 0 radical (unpaired) electrons. The van der Waals surface area contributed by atoms with Crippen LogP contribution in [0.15, 0.2) is 21.2 Å². The molecule has 1 fully saturated rings. The Morgan fingerprint density at radius 2 is 2.19 bits per heavy atom. The molecule has 1 heterocycles. The first-order chi connectivity index (χ1) is 7.56. The molecule has 0 amide bonds. The van der Waals surface area contributed by atoms with Gasteiger partial charge in [0.15, 0.2) is 0 Å². The zero-order chi connectivity index (χ0) is 11.7. The van der Waals surface area contributed by atoms with Crippen molar-refractivity contribution in [3.05, 3.63) is 21.2 Å². The number of pyridine rings is 1. The molecular formula is C11H13Br2ClN2. The molecule has 0 spiro atoms. The van der Waals surface area contributed by atoms with Crippen LogP contribution in [-0.4, -0.2) is 24.0 Å². The topological polar surface area (TPSA) is 16.1 Å². The van der Waals surface area contributed by atoms with Gasteiger partial charge in [-0.2, -0.15) is 0 Å². The Hall–Kier alpha value is 0.200. The molecule has 1 saturated carbocycles. The Kier molecular flexibility index (Phi) is 4.14. The van der Waals surface area contributed by atoms with E-state index in [1.54, 1.807) is 0 Å². The fraction of sp³-hybridized carbons (Fsp3) is 0.545. The zero-order valence-corrected chi connectivity index (χ0v) is 12.9. The third kappa shape index (κ3) is 2.90. The predicted molar refractivity (Wildman–Crippen MR) is 75.3 cm³/mol. The van der Waals surface area contributed by atoms with Crippen molar-refractivity contribution in [2.75, 3.05) is 18.5 Å². The highest BCUT2D eigenvalue weighted by Gasteiger charge is 2.28. The van der Waals surface area contributed by atoms with Gasteiger partial charge in [0.1, 0.15) is 5.82 Å². The lowest BCUT2D eigenvalue weighted by atomic mass is 9.84. The summed E-state index contributed by atoms with van der Waals surface area (Å²) >= 11 is 12.9. The van der Waals surface area contributed by atoms with Crippen molar-refractivity contribution in [2.24, 2.45) is 5.92 Å². The highest BCUT2D eigenvalue weighted by Crippen LogP contribution is 2.34. The van der Waals surface area contributed by atoms with E-state index in [1.807, 2.05) is 12.3 Å². The molecule has 0 N–H and O–H groups in total. The van der Waals surface area contributed by atoms with E-state index < -0.39 is 0 Å². The molecule has 0 aromatic carbocycles. The van der Waals surface area contributed by atoms with Crippen molar-refractivity contribution in [1.29, 1.82) is 0 Å². The number of anilines is 1. The van der Waals surface area contributed by atoms with E-state index in [-0.39, 0.29) is 0 Å². The summed E-state index contributed by atoms with van der Waals surface area (Å²) in [5.74, 6) is 1.70. The summed E-state index contributed by atoms with van der Waals surface area (Å²) < 4.78 is 2.01. The Balaban J connectivity index is 2.00. The Morgan fingerprint density at radius 3 is 2.75 bits per heavy atom. The first kappa shape index (κ1) is 12.7. The van der Waals surface area contributed by atoms with Gasteiger partial charge in [0, 0.05) is 29.6 Å². The number of hydrogen-bond acceptors (Lipinski definition) is 2. The van der Waals surface area contributed by atoms with E-state index in [9.17, 15) is 0 Å². The summed E-state index contributed by atoms with van der Waals surface area (Å²) in [6, 6.07) is 2.02. The van der Waals surface area contributed by atoms with Gasteiger partial charge in [0.05, 0.1) is 4.47 Å².